The van der Waals surface area contributed by atoms with Crippen molar-refractivity contribution in [3.05, 3.63) is 6.07 Å². The molecular weight excluding hydrogens is 242 g/mol. The van der Waals surface area contributed by atoms with Gasteiger partial charge in [-0.2, -0.15) is 9.97 Å². The fourth-order valence-corrected chi connectivity index (χ4v) is 2.62. The van der Waals surface area contributed by atoms with Crippen molar-refractivity contribution in [2.75, 3.05) is 29.5 Å². The molecule has 1 aliphatic carbocycles. The Bertz CT molecular complexity index is 417. The van der Waals surface area contributed by atoms with Gasteiger partial charge in [0, 0.05) is 12.6 Å². The van der Waals surface area contributed by atoms with Crippen molar-refractivity contribution in [3.8, 4) is 0 Å². The molecule has 0 radical (unpaired) electrons. The lowest BCUT2D eigenvalue weighted by Crippen LogP contribution is -2.44. The van der Waals surface area contributed by atoms with Gasteiger partial charge in [0.05, 0.1) is 12.1 Å². The highest BCUT2D eigenvalue weighted by Crippen LogP contribution is 2.31. The Balaban J connectivity index is 2.16. The molecule has 6 nitrogen and oxygen atoms in total. The molecule has 0 spiro atoms. The van der Waals surface area contributed by atoms with Crippen LogP contribution < -0.4 is 16.4 Å². The smallest absolute Gasteiger partial charge is 0.223 e. The Morgan fingerprint density at radius 3 is 2.58 bits per heavy atom. The first kappa shape index (κ1) is 13.9. The second-order valence-electron chi connectivity index (χ2n) is 5.15. The summed E-state index contributed by atoms with van der Waals surface area (Å²) in [5.74, 6) is 1.63. The first-order chi connectivity index (χ1) is 9.17. The van der Waals surface area contributed by atoms with Gasteiger partial charge in [0.2, 0.25) is 5.95 Å². The quantitative estimate of drug-likeness (QED) is 0.646. The van der Waals surface area contributed by atoms with E-state index in [9.17, 15) is 5.11 Å². The largest absolute Gasteiger partial charge is 0.394 e. The molecular formula is C13H23N5O. The summed E-state index contributed by atoms with van der Waals surface area (Å²) in [5.41, 5.74) is 5.45. The lowest BCUT2D eigenvalue weighted by atomic mass is 9.82. The van der Waals surface area contributed by atoms with Gasteiger partial charge in [-0.05, 0) is 19.8 Å². The van der Waals surface area contributed by atoms with Crippen LogP contribution in [-0.4, -0.2) is 33.8 Å². The van der Waals surface area contributed by atoms with Crippen LogP contribution in [0.25, 0.3) is 0 Å². The summed E-state index contributed by atoms with van der Waals surface area (Å²) in [7, 11) is 0. The highest BCUT2D eigenvalue weighted by atomic mass is 16.3. The Hall–Kier alpha value is -1.56. The van der Waals surface area contributed by atoms with E-state index in [1.807, 2.05) is 13.0 Å². The van der Waals surface area contributed by atoms with Gasteiger partial charge in [0.1, 0.15) is 11.6 Å². The molecule has 0 saturated heterocycles. The van der Waals surface area contributed by atoms with E-state index in [2.05, 4.69) is 20.6 Å². The summed E-state index contributed by atoms with van der Waals surface area (Å²) >= 11 is 0. The normalized spacial score (nSPS) is 18.0. The number of hydrogen-bond donors (Lipinski definition) is 4. The van der Waals surface area contributed by atoms with Crippen molar-refractivity contribution in [1.29, 1.82) is 0 Å². The van der Waals surface area contributed by atoms with Crippen molar-refractivity contribution in [2.45, 2.75) is 44.6 Å². The zero-order valence-corrected chi connectivity index (χ0v) is 11.4. The van der Waals surface area contributed by atoms with Gasteiger partial charge in [0.15, 0.2) is 0 Å². The summed E-state index contributed by atoms with van der Waals surface area (Å²) in [4.78, 5) is 8.33. The lowest BCUT2D eigenvalue weighted by molar-refractivity contribution is 0.172. The second-order valence-corrected chi connectivity index (χ2v) is 5.15. The number of nitrogens with one attached hydrogen (secondary N) is 2. The summed E-state index contributed by atoms with van der Waals surface area (Å²) in [6, 6.07) is 1.84. The van der Waals surface area contributed by atoms with Crippen molar-refractivity contribution in [1.82, 2.24) is 9.97 Å². The number of aromatic nitrogens is 2. The molecule has 0 aromatic carbocycles. The minimum absolute atomic E-state index is 0.118. The third-order valence-corrected chi connectivity index (χ3v) is 3.61. The predicted molar refractivity (Wildman–Crippen MR) is 77.1 cm³/mol. The van der Waals surface area contributed by atoms with Crippen LogP contribution in [0.15, 0.2) is 6.07 Å². The van der Waals surface area contributed by atoms with Crippen LogP contribution in [0, 0.1) is 0 Å². The van der Waals surface area contributed by atoms with E-state index in [4.69, 9.17) is 5.73 Å². The van der Waals surface area contributed by atoms with Crippen LogP contribution in [-0.2, 0) is 0 Å². The van der Waals surface area contributed by atoms with Crippen LogP contribution in [0.5, 0.6) is 0 Å². The molecule has 0 atom stereocenters. The van der Waals surface area contributed by atoms with Gasteiger partial charge in [-0.15, -0.1) is 0 Å². The minimum atomic E-state index is -0.261. The number of hydrogen-bond acceptors (Lipinski definition) is 6. The number of nitrogens with zero attached hydrogens (tertiary/aromatic N) is 2. The third kappa shape index (κ3) is 3.47. The fraction of sp³-hybridized carbons (Fsp3) is 0.692. The molecule has 5 N–H and O–H groups in total. The average Bonchev–Trinajstić information content (AvgIpc) is 2.39. The second kappa shape index (κ2) is 6.06. The Kier molecular flexibility index (Phi) is 4.42. The lowest BCUT2D eigenvalue weighted by Gasteiger charge is -2.37. The molecule has 1 aromatic rings. The van der Waals surface area contributed by atoms with Crippen LogP contribution in [0.1, 0.15) is 39.0 Å². The third-order valence-electron chi connectivity index (χ3n) is 3.61. The standard InChI is InChI=1S/C13H23N5O/c1-2-15-10-8-11(17-12(14)16-10)18-13(9-19)6-4-3-5-7-13/h8,19H,2-7,9H2,1H3,(H4,14,15,16,17,18). The summed E-state index contributed by atoms with van der Waals surface area (Å²) in [6.45, 7) is 2.90. The zero-order chi connectivity index (χ0) is 13.7. The van der Waals surface area contributed by atoms with E-state index in [0.717, 1.165) is 32.2 Å². The average molecular weight is 265 g/mol. The maximum atomic E-state index is 9.69. The molecule has 2 rings (SSSR count). The van der Waals surface area contributed by atoms with Crippen LogP contribution in [0.2, 0.25) is 0 Å². The van der Waals surface area contributed by atoms with E-state index < -0.39 is 0 Å². The number of aliphatic hydroxyl groups is 1. The molecule has 6 heteroatoms. The number of nitrogens with two attached hydrogens (primary N) is 1. The predicted octanol–water partition coefficient (Wildman–Crippen LogP) is 1.60. The molecule has 1 aliphatic rings. The van der Waals surface area contributed by atoms with Crippen molar-refractivity contribution in [2.24, 2.45) is 0 Å². The maximum absolute atomic E-state index is 9.69. The number of rotatable bonds is 5. The molecule has 1 fully saturated rings. The molecule has 1 saturated carbocycles. The molecule has 0 aliphatic heterocycles. The van der Waals surface area contributed by atoms with Crippen molar-refractivity contribution >= 4 is 17.6 Å². The van der Waals surface area contributed by atoms with Gasteiger partial charge >= 0.3 is 0 Å². The monoisotopic (exact) mass is 265 g/mol. The molecule has 1 aromatic heterocycles. The van der Waals surface area contributed by atoms with Gasteiger partial charge in [-0.1, -0.05) is 19.3 Å². The highest BCUT2D eigenvalue weighted by molar-refractivity contribution is 5.52. The Morgan fingerprint density at radius 1 is 1.26 bits per heavy atom. The topological polar surface area (TPSA) is 96.1 Å². The van der Waals surface area contributed by atoms with E-state index in [1.165, 1.54) is 6.42 Å². The van der Waals surface area contributed by atoms with E-state index in [0.29, 0.717) is 11.6 Å². The highest BCUT2D eigenvalue weighted by Gasteiger charge is 2.31. The number of aliphatic hydroxyl groups excluding tert-OH is 1. The molecule has 106 valence electrons. The minimum Gasteiger partial charge on any atom is -0.394 e. The van der Waals surface area contributed by atoms with Crippen molar-refractivity contribution < 1.29 is 5.11 Å². The molecule has 1 heterocycles. The molecule has 0 unspecified atom stereocenters. The van der Waals surface area contributed by atoms with Crippen LogP contribution in [0.3, 0.4) is 0 Å². The first-order valence-corrected chi connectivity index (χ1v) is 6.95. The first-order valence-electron chi connectivity index (χ1n) is 6.95. The van der Waals surface area contributed by atoms with Crippen LogP contribution in [0.4, 0.5) is 17.6 Å². The number of nitrogen functional groups attached to an aromatic ring is 1. The van der Waals surface area contributed by atoms with Gasteiger partial charge in [0.25, 0.3) is 0 Å². The number of anilines is 3. The van der Waals surface area contributed by atoms with Crippen molar-refractivity contribution in [3.63, 3.8) is 0 Å². The Labute approximate surface area is 113 Å². The summed E-state index contributed by atoms with van der Waals surface area (Å²) in [5, 5.41) is 16.2. The van der Waals surface area contributed by atoms with Crippen LogP contribution >= 0.6 is 0 Å². The van der Waals surface area contributed by atoms with E-state index in [1.54, 1.807) is 0 Å². The molecule has 19 heavy (non-hydrogen) atoms. The Morgan fingerprint density at radius 2 is 1.95 bits per heavy atom. The SMILES string of the molecule is CCNc1cc(NC2(CO)CCCCC2)nc(N)n1. The summed E-state index contributed by atoms with van der Waals surface area (Å²) < 4.78 is 0. The summed E-state index contributed by atoms with van der Waals surface area (Å²) in [6.07, 6.45) is 5.42. The van der Waals surface area contributed by atoms with E-state index in [-0.39, 0.29) is 18.1 Å². The molecule has 0 bridgehead atoms. The zero-order valence-electron chi connectivity index (χ0n) is 11.4. The molecule has 0 amide bonds. The van der Waals surface area contributed by atoms with Gasteiger partial charge in [-0.3, -0.25) is 0 Å². The van der Waals surface area contributed by atoms with E-state index >= 15 is 0 Å². The van der Waals surface area contributed by atoms with Gasteiger partial charge < -0.3 is 21.5 Å². The maximum Gasteiger partial charge on any atom is 0.223 e. The fourth-order valence-electron chi connectivity index (χ4n) is 2.62. The van der Waals surface area contributed by atoms with Gasteiger partial charge in [-0.25, -0.2) is 0 Å².